The third-order valence-corrected chi connectivity index (χ3v) is 1.97. The lowest BCUT2D eigenvalue weighted by Crippen LogP contribution is -2.42. The highest BCUT2D eigenvalue weighted by atomic mass is 16.7. The van der Waals surface area contributed by atoms with Crippen LogP contribution in [0.4, 0.5) is 0 Å². The molecule has 1 aliphatic heterocycles. The molecule has 1 rings (SSSR count). The van der Waals surface area contributed by atoms with Gasteiger partial charge >= 0.3 is 0 Å². The van der Waals surface area contributed by atoms with Crippen molar-refractivity contribution in [3.8, 4) is 0 Å². The van der Waals surface area contributed by atoms with E-state index in [4.69, 9.17) is 9.47 Å². The summed E-state index contributed by atoms with van der Waals surface area (Å²) in [6.45, 7) is 9.95. The predicted molar refractivity (Wildman–Crippen MR) is 48.9 cm³/mol. The van der Waals surface area contributed by atoms with Gasteiger partial charge in [-0.05, 0) is 20.8 Å². The van der Waals surface area contributed by atoms with Gasteiger partial charge in [0, 0.05) is 12.8 Å². The Hall–Kier alpha value is -0.340. The summed E-state index contributed by atoms with van der Waals surface area (Å²) in [6, 6.07) is 0. The Bertz CT molecular complexity index is 163. The van der Waals surface area contributed by atoms with Gasteiger partial charge in [-0.3, -0.25) is 0 Å². The zero-order chi connectivity index (χ0) is 9.19. The molecule has 2 heteroatoms. The van der Waals surface area contributed by atoms with Gasteiger partial charge in [-0.2, -0.15) is 0 Å². The van der Waals surface area contributed by atoms with Crippen LogP contribution in [0.5, 0.6) is 0 Å². The van der Waals surface area contributed by atoms with Crippen LogP contribution in [0.2, 0.25) is 0 Å². The van der Waals surface area contributed by atoms with Crippen molar-refractivity contribution >= 4 is 0 Å². The van der Waals surface area contributed by atoms with E-state index in [-0.39, 0.29) is 11.9 Å². The fourth-order valence-electron chi connectivity index (χ4n) is 1.67. The second kappa shape index (κ2) is 3.58. The quantitative estimate of drug-likeness (QED) is 0.593. The minimum Gasteiger partial charge on any atom is -0.349 e. The summed E-state index contributed by atoms with van der Waals surface area (Å²) in [4.78, 5) is 0. The topological polar surface area (TPSA) is 18.5 Å². The molecule has 0 aromatic heterocycles. The van der Waals surface area contributed by atoms with E-state index < -0.39 is 0 Å². The number of ether oxygens (including phenoxy) is 2. The van der Waals surface area contributed by atoms with Gasteiger partial charge in [0.15, 0.2) is 6.29 Å². The lowest BCUT2D eigenvalue weighted by molar-refractivity contribution is -0.266. The first-order valence-electron chi connectivity index (χ1n) is 4.48. The van der Waals surface area contributed by atoms with E-state index in [1.807, 2.05) is 6.08 Å². The van der Waals surface area contributed by atoms with Crippen LogP contribution in [-0.4, -0.2) is 18.0 Å². The molecule has 1 heterocycles. The first kappa shape index (κ1) is 9.75. The molecule has 2 atom stereocenters. The Labute approximate surface area is 74.6 Å². The van der Waals surface area contributed by atoms with Gasteiger partial charge in [0.05, 0.1) is 11.7 Å². The smallest absolute Gasteiger partial charge is 0.162 e. The Morgan fingerprint density at radius 3 is 2.75 bits per heavy atom. The van der Waals surface area contributed by atoms with Gasteiger partial charge < -0.3 is 9.47 Å². The number of rotatable bonds is 2. The Kier molecular flexibility index (Phi) is 2.91. The molecule has 12 heavy (non-hydrogen) atoms. The molecule has 2 unspecified atom stereocenters. The van der Waals surface area contributed by atoms with E-state index in [1.165, 1.54) is 0 Å². The molecule has 0 aromatic rings. The van der Waals surface area contributed by atoms with E-state index in [9.17, 15) is 0 Å². The zero-order valence-corrected chi connectivity index (χ0v) is 8.17. The fraction of sp³-hybridized carbons (Fsp3) is 0.800. The second-order valence-corrected chi connectivity index (χ2v) is 3.98. The van der Waals surface area contributed by atoms with Crippen LogP contribution in [0, 0.1) is 0 Å². The van der Waals surface area contributed by atoms with Crippen molar-refractivity contribution in [2.75, 3.05) is 0 Å². The van der Waals surface area contributed by atoms with Crippen molar-refractivity contribution in [2.24, 2.45) is 0 Å². The van der Waals surface area contributed by atoms with Crippen LogP contribution in [0.1, 0.15) is 33.6 Å². The largest absolute Gasteiger partial charge is 0.349 e. The maximum absolute atomic E-state index is 5.69. The lowest BCUT2D eigenvalue weighted by Gasteiger charge is -2.39. The molecule has 0 N–H and O–H groups in total. The minimum atomic E-state index is -0.0961. The molecule has 2 nitrogen and oxygen atoms in total. The summed E-state index contributed by atoms with van der Waals surface area (Å²) in [5.41, 5.74) is -0.0503. The third-order valence-electron chi connectivity index (χ3n) is 1.97. The van der Waals surface area contributed by atoms with Gasteiger partial charge in [-0.15, -0.1) is 6.58 Å². The maximum atomic E-state index is 5.69. The van der Waals surface area contributed by atoms with Crippen molar-refractivity contribution in [1.82, 2.24) is 0 Å². The summed E-state index contributed by atoms with van der Waals surface area (Å²) in [6.07, 6.45) is 3.76. The molecular weight excluding hydrogens is 152 g/mol. The average Bonchev–Trinajstić information content (AvgIpc) is 1.82. The summed E-state index contributed by atoms with van der Waals surface area (Å²) < 4.78 is 11.3. The summed E-state index contributed by atoms with van der Waals surface area (Å²) in [5, 5.41) is 0. The van der Waals surface area contributed by atoms with E-state index in [0.29, 0.717) is 6.10 Å². The third kappa shape index (κ3) is 2.61. The Balaban J connectivity index is 2.51. The maximum Gasteiger partial charge on any atom is 0.162 e. The average molecular weight is 170 g/mol. The van der Waals surface area contributed by atoms with Crippen LogP contribution >= 0.6 is 0 Å². The first-order valence-corrected chi connectivity index (χ1v) is 4.48. The summed E-state index contributed by atoms with van der Waals surface area (Å²) in [5.74, 6) is 0. The lowest BCUT2D eigenvalue weighted by atomic mass is 10.00. The van der Waals surface area contributed by atoms with Crippen molar-refractivity contribution < 1.29 is 9.47 Å². The molecule has 1 saturated heterocycles. The van der Waals surface area contributed by atoms with Crippen LogP contribution in [0.25, 0.3) is 0 Å². The normalized spacial score (nSPS) is 34.6. The molecule has 0 radical (unpaired) electrons. The van der Waals surface area contributed by atoms with Crippen molar-refractivity contribution in [3.05, 3.63) is 12.7 Å². The molecule has 0 bridgehead atoms. The standard InChI is InChI=1S/C10H18O2/c1-5-6-9-11-8(2)7-10(3,4)12-9/h5,8-9H,1,6-7H2,2-4H3. The van der Waals surface area contributed by atoms with E-state index in [2.05, 4.69) is 27.4 Å². The van der Waals surface area contributed by atoms with Gasteiger partial charge in [0.25, 0.3) is 0 Å². The molecule has 70 valence electrons. The van der Waals surface area contributed by atoms with Crippen LogP contribution in [0.15, 0.2) is 12.7 Å². The molecule has 0 amide bonds. The molecule has 0 aromatic carbocycles. The molecule has 0 aliphatic carbocycles. The zero-order valence-electron chi connectivity index (χ0n) is 8.17. The van der Waals surface area contributed by atoms with Crippen molar-refractivity contribution in [3.63, 3.8) is 0 Å². The second-order valence-electron chi connectivity index (χ2n) is 3.98. The minimum absolute atomic E-state index is 0.0503. The number of hydrogen-bond donors (Lipinski definition) is 0. The molecule has 1 aliphatic rings. The van der Waals surface area contributed by atoms with Crippen molar-refractivity contribution in [1.29, 1.82) is 0 Å². The van der Waals surface area contributed by atoms with Gasteiger partial charge in [0.2, 0.25) is 0 Å². The number of hydrogen-bond acceptors (Lipinski definition) is 2. The fourth-order valence-corrected chi connectivity index (χ4v) is 1.67. The van der Waals surface area contributed by atoms with Crippen molar-refractivity contribution in [2.45, 2.75) is 51.6 Å². The first-order chi connectivity index (χ1) is 5.53. The van der Waals surface area contributed by atoms with E-state index >= 15 is 0 Å². The van der Waals surface area contributed by atoms with E-state index in [1.54, 1.807) is 0 Å². The van der Waals surface area contributed by atoms with Gasteiger partial charge in [0.1, 0.15) is 0 Å². The SMILES string of the molecule is C=CCC1OC(C)CC(C)(C)O1. The Morgan fingerprint density at radius 2 is 2.25 bits per heavy atom. The highest BCUT2D eigenvalue weighted by molar-refractivity contribution is 4.80. The predicted octanol–water partition coefficient (Wildman–Crippen LogP) is 2.49. The molecule has 0 spiro atoms. The monoisotopic (exact) mass is 170 g/mol. The van der Waals surface area contributed by atoms with Crippen LogP contribution in [0.3, 0.4) is 0 Å². The summed E-state index contributed by atoms with van der Waals surface area (Å²) in [7, 11) is 0. The molecule has 0 saturated carbocycles. The Morgan fingerprint density at radius 1 is 1.58 bits per heavy atom. The van der Waals surface area contributed by atoms with Crippen LogP contribution in [-0.2, 0) is 9.47 Å². The van der Waals surface area contributed by atoms with Crippen LogP contribution < -0.4 is 0 Å². The highest BCUT2D eigenvalue weighted by Gasteiger charge is 2.32. The van der Waals surface area contributed by atoms with E-state index in [0.717, 1.165) is 12.8 Å². The summed E-state index contributed by atoms with van der Waals surface area (Å²) >= 11 is 0. The van der Waals surface area contributed by atoms with Gasteiger partial charge in [-0.1, -0.05) is 6.08 Å². The molecular formula is C10H18O2. The molecule has 1 fully saturated rings. The van der Waals surface area contributed by atoms with Gasteiger partial charge in [-0.25, -0.2) is 0 Å². The highest BCUT2D eigenvalue weighted by Crippen LogP contribution is 2.28.